The smallest absolute Gasteiger partial charge is 0.511 e. The van der Waals surface area contributed by atoms with Crippen molar-refractivity contribution in [2.75, 3.05) is 0 Å². The average molecular weight is 289 g/mol. The van der Waals surface area contributed by atoms with E-state index in [1.54, 1.807) is 6.07 Å². The van der Waals surface area contributed by atoms with Crippen LogP contribution in [0.4, 0.5) is 0 Å². The van der Waals surface area contributed by atoms with Gasteiger partial charge in [-0.3, -0.25) is 0 Å². The Morgan fingerprint density at radius 1 is 1.10 bits per heavy atom. The number of rotatable bonds is 2. The van der Waals surface area contributed by atoms with Gasteiger partial charge in [-0.2, -0.15) is 0 Å². The standard InChI is InChI=1S/C15H14BClO3/c1-15(2)11-4-3-5-13(20-16(18)19)14(11)10-7-6-9(17)8-12(10)15/h3-8,18-19H,1-2H3. The van der Waals surface area contributed by atoms with Crippen LogP contribution in [0.3, 0.4) is 0 Å². The predicted octanol–water partition coefficient (Wildman–Crippen LogP) is 2.99. The van der Waals surface area contributed by atoms with Gasteiger partial charge in [0.05, 0.1) is 0 Å². The Balaban J connectivity index is 2.28. The van der Waals surface area contributed by atoms with Gasteiger partial charge >= 0.3 is 7.32 Å². The number of hydrogen-bond donors (Lipinski definition) is 2. The molecule has 2 N–H and O–H groups in total. The lowest BCUT2D eigenvalue weighted by Crippen LogP contribution is -2.21. The number of hydrogen-bond acceptors (Lipinski definition) is 3. The van der Waals surface area contributed by atoms with Gasteiger partial charge in [0.2, 0.25) is 0 Å². The van der Waals surface area contributed by atoms with Crippen molar-refractivity contribution in [1.82, 2.24) is 0 Å². The summed E-state index contributed by atoms with van der Waals surface area (Å²) in [6.45, 7) is 4.24. The number of benzene rings is 2. The Kier molecular flexibility index (Phi) is 3.05. The summed E-state index contributed by atoms with van der Waals surface area (Å²) in [5.74, 6) is 0.464. The van der Waals surface area contributed by atoms with E-state index in [1.807, 2.05) is 30.3 Å². The molecule has 0 unspecified atom stereocenters. The zero-order chi connectivity index (χ0) is 14.5. The van der Waals surface area contributed by atoms with Crippen molar-refractivity contribution < 1.29 is 14.7 Å². The van der Waals surface area contributed by atoms with Crippen molar-refractivity contribution in [2.24, 2.45) is 0 Å². The second-order valence-electron chi connectivity index (χ2n) is 5.44. The molecule has 2 aromatic rings. The summed E-state index contributed by atoms with van der Waals surface area (Å²) >= 11 is 6.11. The van der Waals surface area contributed by atoms with Crippen LogP contribution in [0.25, 0.3) is 11.1 Å². The van der Waals surface area contributed by atoms with Crippen molar-refractivity contribution in [3.8, 4) is 16.9 Å². The molecule has 1 aliphatic rings. The molecule has 0 heterocycles. The average Bonchev–Trinajstić information content (AvgIpc) is 2.59. The van der Waals surface area contributed by atoms with Crippen molar-refractivity contribution in [1.29, 1.82) is 0 Å². The minimum Gasteiger partial charge on any atom is -0.511 e. The van der Waals surface area contributed by atoms with Crippen molar-refractivity contribution >= 4 is 18.9 Å². The first kappa shape index (κ1) is 13.5. The molecule has 0 aromatic heterocycles. The second kappa shape index (κ2) is 4.52. The minimum absolute atomic E-state index is 0.199. The molecule has 1 aliphatic carbocycles. The van der Waals surface area contributed by atoms with E-state index in [0.29, 0.717) is 10.8 Å². The van der Waals surface area contributed by atoms with E-state index < -0.39 is 7.32 Å². The molecule has 3 nitrogen and oxygen atoms in total. The van der Waals surface area contributed by atoms with Gasteiger partial charge in [-0.1, -0.05) is 43.6 Å². The van der Waals surface area contributed by atoms with Crippen LogP contribution >= 0.6 is 11.6 Å². The Morgan fingerprint density at radius 3 is 2.55 bits per heavy atom. The van der Waals surface area contributed by atoms with Crippen LogP contribution in [0.2, 0.25) is 5.02 Å². The third-order valence-corrected chi connectivity index (χ3v) is 4.09. The third kappa shape index (κ3) is 1.92. The van der Waals surface area contributed by atoms with Gasteiger partial charge in [0, 0.05) is 16.0 Å². The highest BCUT2D eigenvalue weighted by molar-refractivity contribution is 6.34. The van der Waals surface area contributed by atoms with Crippen molar-refractivity contribution in [3.63, 3.8) is 0 Å². The zero-order valence-corrected chi connectivity index (χ0v) is 12.0. The molecular weight excluding hydrogens is 274 g/mol. The molecule has 2 aromatic carbocycles. The molecule has 0 amide bonds. The molecule has 0 bridgehead atoms. The van der Waals surface area contributed by atoms with Crippen LogP contribution in [-0.2, 0) is 5.41 Å². The summed E-state index contributed by atoms with van der Waals surface area (Å²) in [7, 11) is -1.83. The van der Waals surface area contributed by atoms with E-state index in [0.717, 1.165) is 22.3 Å². The molecule has 0 atom stereocenters. The summed E-state index contributed by atoms with van der Waals surface area (Å²) in [5, 5.41) is 18.8. The fourth-order valence-electron chi connectivity index (χ4n) is 2.94. The topological polar surface area (TPSA) is 49.7 Å². The van der Waals surface area contributed by atoms with Gasteiger partial charge in [-0.05, 0) is 34.9 Å². The summed E-state index contributed by atoms with van der Waals surface area (Å²) in [6.07, 6.45) is 0. The molecular formula is C15H14BClO3. The van der Waals surface area contributed by atoms with E-state index in [9.17, 15) is 0 Å². The summed E-state index contributed by atoms with van der Waals surface area (Å²) in [4.78, 5) is 0. The molecule has 0 saturated heterocycles. The molecule has 102 valence electrons. The third-order valence-electron chi connectivity index (χ3n) is 3.86. The number of halogens is 1. The van der Waals surface area contributed by atoms with Gasteiger partial charge < -0.3 is 14.7 Å². The Bertz CT molecular complexity index is 683. The Labute approximate surface area is 123 Å². The first-order valence-corrected chi connectivity index (χ1v) is 6.76. The fourth-order valence-corrected chi connectivity index (χ4v) is 3.11. The molecule has 0 radical (unpaired) electrons. The van der Waals surface area contributed by atoms with E-state index in [2.05, 4.69) is 13.8 Å². The maximum atomic E-state index is 9.07. The van der Waals surface area contributed by atoms with Gasteiger partial charge in [-0.15, -0.1) is 0 Å². The Hall–Kier alpha value is -1.49. The highest BCUT2D eigenvalue weighted by Gasteiger charge is 2.37. The second-order valence-corrected chi connectivity index (χ2v) is 5.87. The van der Waals surface area contributed by atoms with Gasteiger partial charge in [0.15, 0.2) is 0 Å². The normalized spacial score (nSPS) is 14.7. The lowest BCUT2D eigenvalue weighted by molar-refractivity contribution is 0.288. The lowest BCUT2D eigenvalue weighted by atomic mass is 9.82. The van der Waals surface area contributed by atoms with Gasteiger partial charge in [0.1, 0.15) is 5.75 Å². The quantitative estimate of drug-likeness (QED) is 0.835. The molecule has 20 heavy (non-hydrogen) atoms. The molecule has 0 aliphatic heterocycles. The van der Waals surface area contributed by atoms with Crippen LogP contribution in [0.15, 0.2) is 36.4 Å². The molecule has 5 heteroatoms. The summed E-state index contributed by atoms with van der Waals surface area (Å²) in [6, 6.07) is 11.3. The highest BCUT2D eigenvalue weighted by atomic mass is 35.5. The van der Waals surface area contributed by atoms with Crippen molar-refractivity contribution in [2.45, 2.75) is 19.3 Å². The zero-order valence-electron chi connectivity index (χ0n) is 11.2. The first-order valence-electron chi connectivity index (χ1n) is 6.38. The first-order chi connectivity index (χ1) is 9.41. The maximum absolute atomic E-state index is 9.07. The summed E-state index contributed by atoms with van der Waals surface area (Å²) in [5.41, 5.74) is 3.93. The van der Waals surface area contributed by atoms with Crippen LogP contribution in [0, 0.1) is 0 Å². The number of fused-ring (bicyclic) bond motifs is 3. The lowest BCUT2D eigenvalue weighted by Gasteiger charge is -2.21. The molecule has 3 rings (SSSR count). The van der Waals surface area contributed by atoms with E-state index in [4.69, 9.17) is 26.3 Å². The Morgan fingerprint density at radius 2 is 1.85 bits per heavy atom. The molecule has 0 spiro atoms. The van der Waals surface area contributed by atoms with E-state index in [1.165, 1.54) is 0 Å². The monoisotopic (exact) mass is 288 g/mol. The van der Waals surface area contributed by atoms with Crippen LogP contribution in [0.5, 0.6) is 5.75 Å². The summed E-state index contributed by atoms with van der Waals surface area (Å²) < 4.78 is 5.12. The minimum atomic E-state index is -1.83. The predicted molar refractivity (Wildman–Crippen MR) is 79.8 cm³/mol. The van der Waals surface area contributed by atoms with Crippen LogP contribution in [0.1, 0.15) is 25.0 Å². The maximum Gasteiger partial charge on any atom is 0.707 e. The largest absolute Gasteiger partial charge is 0.707 e. The molecule has 0 fully saturated rings. The van der Waals surface area contributed by atoms with Gasteiger partial charge in [-0.25, -0.2) is 0 Å². The SMILES string of the molecule is CC1(C)c2cc(Cl)ccc2-c2c(OB(O)O)cccc21. The van der Waals surface area contributed by atoms with Crippen LogP contribution in [-0.4, -0.2) is 17.4 Å². The molecule has 0 saturated carbocycles. The van der Waals surface area contributed by atoms with E-state index >= 15 is 0 Å². The van der Waals surface area contributed by atoms with Gasteiger partial charge in [0.25, 0.3) is 0 Å². The van der Waals surface area contributed by atoms with E-state index in [-0.39, 0.29) is 5.41 Å². The van der Waals surface area contributed by atoms with Crippen molar-refractivity contribution in [3.05, 3.63) is 52.5 Å². The van der Waals surface area contributed by atoms with Crippen LogP contribution < -0.4 is 4.65 Å². The highest BCUT2D eigenvalue weighted by Crippen LogP contribution is 2.52. The fraction of sp³-hybridized carbons (Fsp3) is 0.200.